The minimum atomic E-state index is 0.494. The van der Waals surface area contributed by atoms with Crippen LogP contribution in [0, 0.1) is 6.92 Å². The smallest absolute Gasteiger partial charge is 0.165 e. The average molecular weight is 292 g/mol. The zero-order valence-electron chi connectivity index (χ0n) is 11.0. The highest BCUT2D eigenvalue weighted by molar-refractivity contribution is 6.30. The summed E-state index contributed by atoms with van der Waals surface area (Å²) in [4.78, 5) is 0. The molecule has 0 fully saturated rings. The van der Waals surface area contributed by atoms with Gasteiger partial charge in [-0.2, -0.15) is 0 Å². The van der Waals surface area contributed by atoms with Gasteiger partial charge in [-0.3, -0.25) is 0 Å². The Kier molecular flexibility index (Phi) is 3.32. The second-order valence-corrected chi connectivity index (χ2v) is 4.98. The van der Waals surface area contributed by atoms with Gasteiger partial charge < -0.3 is 19.9 Å². The van der Waals surface area contributed by atoms with Gasteiger partial charge in [0.05, 0.1) is 5.69 Å². The molecule has 0 spiro atoms. The lowest BCUT2D eigenvalue weighted by Gasteiger charge is -2.20. The highest BCUT2D eigenvalue weighted by Gasteiger charge is 2.16. The number of ether oxygens (including phenoxy) is 3. The van der Waals surface area contributed by atoms with Gasteiger partial charge in [0.15, 0.2) is 17.2 Å². The average Bonchev–Trinajstić information content (AvgIpc) is 2.43. The van der Waals surface area contributed by atoms with Crippen molar-refractivity contribution in [3.05, 3.63) is 40.9 Å². The molecule has 0 unspecified atom stereocenters. The van der Waals surface area contributed by atoms with Gasteiger partial charge in [0.1, 0.15) is 19.0 Å². The van der Waals surface area contributed by atoms with Gasteiger partial charge in [-0.05, 0) is 24.6 Å². The fourth-order valence-corrected chi connectivity index (χ4v) is 2.14. The maximum atomic E-state index is 5.99. The highest BCUT2D eigenvalue weighted by Crippen LogP contribution is 2.40. The van der Waals surface area contributed by atoms with E-state index in [0.29, 0.717) is 46.9 Å². The third-order valence-corrected chi connectivity index (χ3v) is 3.28. The van der Waals surface area contributed by atoms with Gasteiger partial charge in [0.2, 0.25) is 0 Å². The van der Waals surface area contributed by atoms with Crippen LogP contribution >= 0.6 is 11.6 Å². The molecule has 0 bridgehead atoms. The van der Waals surface area contributed by atoms with Gasteiger partial charge in [0, 0.05) is 17.2 Å². The second kappa shape index (κ2) is 5.13. The van der Waals surface area contributed by atoms with Gasteiger partial charge in [-0.15, -0.1) is 0 Å². The zero-order valence-corrected chi connectivity index (χ0v) is 11.7. The molecule has 0 aliphatic carbocycles. The molecule has 0 radical (unpaired) electrons. The first-order valence-electron chi connectivity index (χ1n) is 6.26. The topological polar surface area (TPSA) is 53.7 Å². The monoisotopic (exact) mass is 291 g/mol. The molecule has 0 saturated carbocycles. The summed E-state index contributed by atoms with van der Waals surface area (Å²) in [6.07, 6.45) is 0. The molecule has 20 heavy (non-hydrogen) atoms. The summed E-state index contributed by atoms with van der Waals surface area (Å²) >= 11 is 5.98. The molecule has 2 aromatic carbocycles. The number of fused-ring (bicyclic) bond motifs is 1. The van der Waals surface area contributed by atoms with Crippen molar-refractivity contribution in [2.24, 2.45) is 0 Å². The Hall–Kier alpha value is -2.07. The maximum absolute atomic E-state index is 5.99. The van der Waals surface area contributed by atoms with Crippen molar-refractivity contribution in [1.29, 1.82) is 0 Å². The summed E-state index contributed by atoms with van der Waals surface area (Å²) < 4.78 is 16.8. The summed E-state index contributed by atoms with van der Waals surface area (Å²) in [5, 5.41) is 0.613. The molecule has 4 nitrogen and oxygen atoms in total. The molecule has 1 aliphatic rings. The fraction of sp³-hybridized carbons (Fsp3) is 0.200. The third-order valence-electron chi connectivity index (χ3n) is 3.04. The number of nitrogens with two attached hydrogens (primary N) is 1. The van der Waals surface area contributed by atoms with Crippen molar-refractivity contribution < 1.29 is 14.2 Å². The quantitative estimate of drug-likeness (QED) is 0.855. The van der Waals surface area contributed by atoms with Crippen LogP contribution < -0.4 is 19.9 Å². The van der Waals surface area contributed by atoms with E-state index in [4.69, 9.17) is 31.5 Å². The molecule has 1 heterocycles. The molecule has 0 aromatic heterocycles. The molecule has 3 rings (SSSR count). The summed E-state index contributed by atoms with van der Waals surface area (Å²) in [6.45, 7) is 2.99. The van der Waals surface area contributed by atoms with E-state index in [1.807, 2.05) is 19.1 Å². The highest BCUT2D eigenvalue weighted by atomic mass is 35.5. The number of rotatable bonds is 2. The Labute approximate surface area is 122 Å². The number of hydrogen-bond acceptors (Lipinski definition) is 4. The van der Waals surface area contributed by atoms with Crippen molar-refractivity contribution in [2.45, 2.75) is 6.92 Å². The number of nitrogen functional groups attached to an aromatic ring is 1. The molecule has 0 saturated heterocycles. The summed E-state index contributed by atoms with van der Waals surface area (Å²) in [7, 11) is 0. The van der Waals surface area contributed by atoms with Crippen LogP contribution in [-0.4, -0.2) is 13.2 Å². The Bertz CT molecular complexity index is 658. The van der Waals surface area contributed by atoms with Crippen LogP contribution in [0.5, 0.6) is 23.0 Å². The predicted molar refractivity (Wildman–Crippen MR) is 78.1 cm³/mol. The Balaban J connectivity index is 1.96. The zero-order chi connectivity index (χ0) is 14.1. The van der Waals surface area contributed by atoms with Gasteiger partial charge in [-0.25, -0.2) is 0 Å². The largest absolute Gasteiger partial charge is 0.486 e. The number of halogens is 1. The van der Waals surface area contributed by atoms with Crippen LogP contribution in [0.1, 0.15) is 5.56 Å². The van der Waals surface area contributed by atoms with Crippen LogP contribution in [0.15, 0.2) is 30.3 Å². The van der Waals surface area contributed by atoms with Crippen molar-refractivity contribution in [3.63, 3.8) is 0 Å². The third kappa shape index (κ3) is 2.47. The first kappa shape index (κ1) is 12.9. The van der Waals surface area contributed by atoms with Crippen molar-refractivity contribution >= 4 is 17.3 Å². The van der Waals surface area contributed by atoms with Gasteiger partial charge in [0.25, 0.3) is 0 Å². The van der Waals surface area contributed by atoms with E-state index in [1.165, 1.54) is 0 Å². The molecule has 0 atom stereocenters. The van der Waals surface area contributed by atoms with Crippen LogP contribution in [0.2, 0.25) is 5.02 Å². The van der Waals surface area contributed by atoms with Gasteiger partial charge >= 0.3 is 0 Å². The van der Waals surface area contributed by atoms with Crippen LogP contribution in [0.4, 0.5) is 5.69 Å². The molecule has 104 valence electrons. The predicted octanol–water partition coefficient (Wildman–Crippen LogP) is 3.79. The maximum Gasteiger partial charge on any atom is 0.165 e. The number of benzene rings is 2. The molecule has 1 aliphatic heterocycles. The molecule has 2 aromatic rings. The van der Waals surface area contributed by atoms with Crippen LogP contribution in [0.3, 0.4) is 0 Å². The Morgan fingerprint density at radius 1 is 1.05 bits per heavy atom. The summed E-state index contributed by atoms with van der Waals surface area (Å²) in [5.41, 5.74) is 7.46. The SMILES string of the molecule is Cc1ccc(Cl)cc1Oc1cc2c(cc1N)OCCO2. The molecule has 0 amide bonds. The van der Waals surface area contributed by atoms with E-state index in [9.17, 15) is 0 Å². The Morgan fingerprint density at radius 3 is 2.50 bits per heavy atom. The fourth-order valence-electron chi connectivity index (χ4n) is 1.98. The summed E-state index contributed by atoms with van der Waals surface area (Å²) in [5.74, 6) is 2.48. The standard InChI is InChI=1S/C15H14ClNO3/c1-9-2-3-10(16)6-12(9)20-13-8-15-14(7-11(13)17)18-4-5-19-15/h2-3,6-8H,4-5,17H2,1H3. The van der Waals surface area contributed by atoms with Crippen molar-refractivity contribution in [2.75, 3.05) is 18.9 Å². The van der Waals surface area contributed by atoms with Crippen molar-refractivity contribution in [3.8, 4) is 23.0 Å². The number of hydrogen-bond donors (Lipinski definition) is 1. The normalized spacial score (nSPS) is 13.1. The van der Waals surface area contributed by atoms with Crippen molar-refractivity contribution in [1.82, 2.24) is 0 Å². The van der Waals surface area contributed by atoms with E-state index in [0.717, 1.165) is 5.56 Å². The van der Waals surface area contributed by atoms with E-state index in [-0.39, 0.29) is 0 Å². The second-order valence-electron chi connectivity index (χ2n) is 4.55. The van der Waals surface area contributed by atoms with E-state index in [1.54, 1.807) is 18.2 Å². The van der Waals surface area contributed by atoms with Crippen LogP contribution in [-0.2, 0) is 0 Å². The summed E-state index contributed by atoms with van der Waals surface area (Å²) in [6, 6.07) is 8.92. The van der Waals surface area contributed by atoms with Crippen LogP contribution in [0.25, 0.3) is 0 Å². The molecule has 5 heteroatoms. The molecular formula is C15H14ClNO3. The Morgan fingerprint density at radius 2 is 1.75 bits per heavy atom. The first-order chi connectivity index (χ1) is 9.63. The van der Waals surface area contributed by atoms with E-state index >= 15 is 0 Å². The lowest BCUT2D eigenvalue weighted by Crippen LogP contribution is -2.15. The lowest BCUT2D eigenvalue weighted by molar-refractivity contribution is 0.171. The number of anilines is 1. The minimum absolute atomic E-state index is 0.494. The van der Waals surface area contributed by atoms with Gasteiger partial charge in [-0.1, -0.05) is 17.7 Å². The first-order valence-corrected chi connectivity index (χ1v) is 6.64. The molecular weight excluding hydrogens is 278 g/mol. The lowest BCUT2D eigenvalue weighted by atomic mass is 10.2. The minimum Gasteiger partial charge on any atom is -0.486 e. The molecule has 2 N–H and O–H groups in total. The van der Waals surface area contributed by atoms with E-state index in [2.05, 4.69) is 0 Å². The van der Waals surface area contributed by atoms with E-state index < -0.39 is 0 Å². The number of aryl methyl sites for hydroxylation is 1.